The van der Waals surface area contributed by atoms with Gasteiger partial charge in [-0.2, -0.15) is 0 Å². The summed E-state index contributed by atoms with van der Waals surface area (Å²) in [5.74, 6) is -0.364. The maximum atomic E-state index is 12.2. The molecular weight excluding hydrogens is 376 g/mol. The van der Waals surface area contributed by atoms with E-state index >= 15 is 0 Å². The summed E-state index contributed by atoms with van der Waals surface area (Å²) in [6.45, 7) is 4.76. The summed E-state index contributed by atoms with van der Waals surface area (Å²) in [6.07, 6.45) is 0.105. The van der Waals surface area contributed by atoms with Crippen molar-refractivity contribution in [3.8, 4) is 11.5 Å². The molecule has 1 amide bonds. The molecule has 0 saturated carbocycles. The molecule has 9 nitrogen and oxygen atoms in total. The van der Waals surface area contributed by atoms with Gasteiger partial charge in [0.15, 0.2) is 17.6 Å². The minimum Gasteiger partial charge on any atom is -0.454 e. The Hall–Kier alpha value is -2.33. The van der Waals surface area contributed by atoms with Gasteiger partial charge in [0.05, 0.1) is 5.75 Å². The molecule has 0 bridgehead atoms. The number of esters is 1. The zero-order valence-corrected chi connectivity index (χ0v) is 16.3. The van der Waals surface area contributed by atoms with E-state index in [4.69, 9.17) is 14.2 Å². The Morgan fingerprint density at radius 3 is 2.63 bits per heavy atom. The SMILES string of the molecule is CCCCS(=O)(=O)N[C@@H](C)C(=O)O[C@@H](C)C(=O)Nc1ccc2c(c1)OCO2. The molecule has 1 aromatic carbocycles. The minimum atomic E-state index is -3.58. The molecule has 2 N–H and O–H groups in total. The smallest absolute Gasteiger partial charge is 0.324 e. The third kappa shape index (κ3) is 6.10. The quantitative estimate of drug-likeness (QED) is 0.601. The number of amides is 1. The molecule has 0 fully saturated rings. The van der Waals surface area contributed by atoms with Crippen molar-refractivity contribution in [3.63, 3.8) is 0 Å². The molecule has 2 atom stereocenters. The normalized spacial score (nSPS) is 15.1. The Labute approximate surface area is 158 Å². The zero-order chi connectivity index (χ0) is 20.0. The summed E-state index contributed by atoms with van der Waals surface area (Å²) >= 11 is 0. The number of nitrogens with one attached hydrogen (secondary N) is 2. The number of hydrogen-bond acceptors (Lipinski definition) is 7. The van der Waals surface area contributed by atoms with Crippen molar-refractivity contribution in [2.45, 2.75) is 45.8 Å². The van der Waals surface area contributed by atoms with Gasteiger partial charge in [0.25, 0.3) is 5.91 Å². The predicted octanol–water partition coefficient (Wildman–Crippen LogP) is 1.39. The Kier molecular flexibility index (Phi) is 7.03. The number of hydrogen-bond donors (Lipinski definition) is 2. The molecule has 10 heteroatoms. The summed E-state index contributed by atoms with van der Waals surface area (Å²) in [4.78, 5) is 24.2. The highest BCUT2D eigenvalue weighted by atomic mass is 32.2. The van der Waals surface area contributed by atoms with Crippen molar-refractivity contribution in [2.75, 3.05) is 17.9 Å². The van der Waals surface area contributed by atoms with Gasteiger partial charge in [0.1, 0.15) is 6.04 Å². The van der Waals surface area contributed by atoms with Crippen molar-refractivity contribution >= 4 is 27.6 Å². The van der Waals surface area contributed by atoms with Crippen LogP contribution in [0.25, 0.3) is 0 Å². The van der Waals surface area contributed by atoms with E-state index in [0.29, 0.717) is 23.6 Å². The molecule has 0 aliphatic carbocycles. The molecule has 150 valence electrons. The Bertz CT molecular complexity index is 794. The van der Waals surface area contributed by atoms with Crippen LogP contribution in [0.5, 0.6) is 11.5 Å². The second kappa shape index (κ2) is 9.05. The van der Waals surface area contributed by atoms with Crippen molar-refractivity contribution in [3.05, 3.63) is 18.2 Å². The fraction of sp³-hybridized carbons (Fsp3) is 0.529. The van der Waals surface area contributed by atoms with Crippen LogP contribution in [-0.2, 0) is 24.3 Å². The molecule has 0 saturated heterocycles. The predicted molar refractivity (Wildman–Crippen MR) is 98.0 cm³/mol. The van der Waals surface area contributed by atoms with Crippen LogP contribution in [0.3, 0.4) is 0 Å². The average Bonchev–Trinajstić information content (AvgIpc) is 3.07. The van der Waals surface area contributed by atoms with Crippen LogP contribution >= 0.6 is 0 Å². The van der Waals surface area contributed by atoms with E-state index in [1.165, 1.54) is 13.8 Å². The van der Waals surface area contributed by atoms with Crippen LogP contribution in [0.2, 0.25) is 0 Å². The summed E-state index contributed by atoms with van der Waals surface area (Å²) in [6, 6.07) is 3.79. The van der Waals surface area contributed by atoms with Crippen LogP contribution < -0.4 is 19.5 Å². The Morgan fingerprint density at radius 1 is 1.22 bits per heavy atom. The molecule has 2 rings (SSSR count). The molecule has 27 heavy (non-hydrogen) atoms. The largest absolute Gasteiger partial charge is 0.454 e. The first-order valence-electron chi connectivity index (χ1n) is 8.63. The molecule has 1 heterocycles. The lowest BCUT2D eigenvalue weighted by Gasteiger charge is -2.17. The first-order chi connectivity index (χ1) is 12.7. The van der Waals surface area contributed by atoms with Gasteiger partial charge < -0.3 is 19.5 Å². The van der Waals surface area contributed by atoms with Gasteiger partial charge in [-0.25, -0.2) is 13.1 Å². The lowest BCUT2D eigenvalue weighted by molar-refractivity contribution is -0.154. The Balaban J connectivity index is 1.86. The van der Waals surface area contributed by atoms with Crippen LogP contribution in [0.15, 0.2) is 18.2 Å². The maximum absolute atomic E-state index is 12.2. The van der Waals surface area contributed by atoms with Gasteiger partial charge in [-0.3, -0.25) is 9.59 Å². The maximum Gasteiger partial charge on any atom is 0.324 e. The molecule has 1 aromatic rings. The summed E-state index contributed by atoms with van der Waals surface area (Å²) in [7, 11) is -3.58. The number of sulfonamides is 1. The fourth-order valence-electron chi connectivity index (χ4n) is 2.26. The summed E-state index contributed by atoms with van der Waals surface area (Å²) in [5, 5.41) is 2.60. The van der Waals surface area contributed by atoms with E-state index in [9.17, 15) is 18.0 Å². The number of fused-ring (bicyclic) bond motifs is 1. The number of benzene rings is 1. The highest BCUT2D eigenvalue weighted by molar-refractivity contribution is 7.89. The van der Waals surface area contributed by atoms with Gasteiger partial charge in [-0.05, 0) is 32.4 Å². The van der Waals surface area contributed by atoms with Crippen molar-refractivity contribution in [2.24, 2.45) is 0 Å². The van der Waals surface area contributed by atoms with E-state index < -0.39 is 34.0 Å². The average molecular weight is 400 g/mol. The second-order valence-electron chi connectivity index (χ2n) is 6.15. The van der Waals surface area contributed by atoms with Crippen LogP contribution in [-0.4, -0.2) is 45.0 Å². The van der Waals surface area contributed by atoms with Gasteiger partial charge in [-0.1, -0.05) is 13.3 Å². The van der Waals surface area contributed by atoms with E-state index in [-0.39, 0.29) is 12.5 Å². The van der Waals surface area contributed by atoms with Crippen molar-refractivity contribution in [1.82, 2.24) is 4.72 Å². The van der Waals surface area contributed by atoms with Crippen LogP contribution in [0, 0.1) is 0 Å². The summed E-state index contributed by atoms with van der Waals surface area (Å²) < 4.78 is 41.4. The number of unbranched alkanes of at least 4 members (excludes halogenated alkanes) is 1. The molecular formula is C17H24N2O7S. The van der Waals surface area contributed by atoms with Gasteiger partial charge in [0.2, 0.25) is 16.8 Å². The molecule has 1 aliphatic heterocycles. The molecule has 0 spiro atoms. The van der Waals surface area contributed by atoms with Crippen molar-refractivity contribution < 1.29 is 32.2 Å². The number of carbonyl (C=O) groups is 2. The molecule has 0 aromatic heterocycles. The minimum absolute atomic E-state index is 0.0682. The number of carbonyl (C=O) groups excluding carboxylic acids is 2. The fourth-order valence-corrected chi connectivity index (χ4v) is 3.68. The first-order valence-corrected chi connectivity index (χ1v) is 10.3. The molecule has 0 unspecified atom stereocenters. The van der Waals surface area contributed by atoms with Gasteiger partial charge >= 0.3 is 5.97 Å². The van der Waals surface area contributed by atoms with Gasteiger partial charge in [0, 0.05) is 11.8 Å². The highest BCUT2D eigenvalue weighted by Crippen LogP contribution is 2.34. The summed E-state index contributed by atoms with van der Waals surface area (Å²) in [5.41, 5.74) is 0.459. The third-order valence-electron chi connectivity index (χ3n) is 3.78. The van der Waals surface area contributed by atoms with E-state index in [2.05, 4.69) is 10.0 Å². The topological polar surface area (TPSA) is 120 Å². The van der Waals surface area contributed by atoms with Crippen LogP contribution in [0.1, 0.15) is 33.6 Å². The zero-order valence-electron chi connectivity index (χ0n) is 15.5. The highest BCUT2D eigenvalue weighted by Gasteiger charge is 2.25. The lowest BCUT2D eigenvalue weighted by atomic mass is 10.2. The van der Waals surface area contributed by atoms with Gasteiger partial charge in [-0.15, -0.1) is 0 Å². The number of rotatable bonds is 9. The van der Waals surface area contributed by atoms with Crippen molar-refractivity contribution in [1.29, 1.82) is 0 Å². The molecule has 1 aliphatic rings. The standard InChI is InChI=1S/C17H24N2O7S/c1-4-5-8-27(22,23)19-11(2)17(21)26-12(3)16(20)18-13-6-7-14-15(9-13)25-10-24-14/h6-7,9,11-12,19H,4-5,8,10H2,1-3H3,(H,18,20)/t11-,12-/m0/s1. The lowest BCUT2D eigenvalue weighted by Crippen LogP contribution is -2.43. The Morgan fingerprint density at radius 2 is 1.93 bits per heavy atom. The number of ether oxygens (including phenoxy) is 3. The first kappa shape index (κ1) is 21.0. The number of anilines is 1. The third-order valence-corrected chi connectivity index (χ3v) is 5.32. The van der Waals surface area contributed by atoms with E-state index in [1.807, 2.05) is 6.92 Å². The second-order valence-corrected chi connectivity index (χ2v) is 8.02. The van der Waals surface area contributed by atoms with Crippen LogP contribution in [0.4, 0.5) is 5.69 Å². The van der Waals surface area contributed by atoms with E-state index in [1.54, 1.807) is 18.2 Å². The van der Waals surface area contributed by atoms with E-state index in [0.717, 1.165) is 6.42 Å². The monoisotopic (exact) mass is 400 g/mol. The molecule has 0 radical (unpaired) electrons.